The average Bonchev–Trinajstić information content (AvgIpc) is 2.89. The van der Waals surface area contributed by atoms with Crippen molar-refractivity contribution in [1.82, 2.24) is 9.80 Å². The number of nitrogens with zero attached hydrogens (tertiary/aromatic N) is 2. The van der Waals surface area contributed by atoms with Crippen LogP contribution in [0.5, 0.6) is 11.5 Å². The molecule has 1 heterocycles. The Hall–Kier alpha value is -3.71. The molecule has 0 N–H and O–H groups in total. The molecule has 7 heteroatoms. The molecule has 0 bridgehead atoms. The molecule has 0 spiro atoms. The fourth-order valence-corrected chi connectivity index (χ4v) is 4.33. The van der Waals surface area contributed by atoms with E-state index in [-0.39, 0.29) is 23.6 Å². The van der Waals surface area contributed by atoms with Crippen molar-refractivity contribution in [1.29, 1.82) is 0 Å². The zero-order chi connectivity index (χ0) is 24.8. The van der Waals surface area contributed by atoms with E-state index in [9.17, 15) is 13.6 Å². The highest BCUT2D eigenvalue weighted by Gasteiger charge is 2.27. The number of benzene rings is 3. The number of hydrogen-bond acceptors (Lipinski definition) is 4. The summed E-state index contributed by atoms with van der Waals surface area (Å²) in [6.45, 7) is 2.37. The molecule has 182 valence electrons. The number of amides is 1. The van der Waals surface area contributed by atoms with Crippen molar-refractivity contribution in [3.8, 4) is 11.5 Å². The van der Waals surface area contributed by atoms with E-state index in [0.717, 1.165) is 16.7 Å². The van der Waals surface area contributed by atoms with Crippen LogP contribution in [0.1, 0.15) is 22.7 Å². The molecule has 0 saturated carbocycles. The minimum Gasteiger partial charge on any atom is -0.493 e. The van der Waals surface area contributed by atoms with Crippen molar-refractivity contribution in [3.05, 3.63) is 101 Å². The number of hydrogen-bond donors (Lipinski definition) is 0. The van der Waals surface area contributed by atoms with E-state index in [1.165, 1.54) is 24.3 Å². The summed E-state index contributed by atoms with van der Waals surface area (Å²) in [5, 5.41) is 0. The molecule has 35 heavy (non-hydrogen) atoms. The van der Waals surface area contributed by atoms with Gasteiger partial charge >= 0.3 is 0 Å². The van der Waals surface area contributed by atoms with Crippen LogP contribution in [0.3, 0.4) is 0 Å². The van der Waals surface area contributed by atoms with E-state index < -0.39 is 0 Å². The molecular formula is C28H28F2N2O3. The van der Waals surface area contributed by atoms with Gasteiger partial charge in [-0.15, -0.1) is 0 Å². The summed E-state index contributed by atoms with van der Waals surface area (Å²) in [6, 6.07) is 18.1. The molecule has 1 aliphatic rings. The third-order valence-electron chi connectivity index (χ3n) is 6.19. The van der Waals surface area contributed by atoms with Gasteiger partial charge in [-0.05, 0) is 59.2 Å². The van der Waals surface area contributed by atoms with Gasteiger partial charge in [0, 0.05) is 32.3 Å². The number of ether oxygens (including phenoxy) is 2. The first-order chi connectivity index (χ1) is 17.0. The van der Waals surface area contributed by atoms with Gasteiger partial charge in [0.1, 0.15) is 11.6 Å². The van der Waals surface area contributed by atoms with E-state index in [2.05, 4.69) is 4.90 Å². The zero-order valence-electron chi connectivity index (χ0n) is 19.8. The first-order valence-corrected chi connectivity index (χ1v) is 11.4. The standard InChI is InChI=1S/C28H28F2N2O3/c1-34-25-13-3-20(19-26(25)35-2)4-14-27(33)31-15-17-32(18-16-31)28(21-5-9-23(29)10-6-21)22-7-11-24(30)12-8-22/h3-14,19,28H,15-18H2,1-2H3. The molecule has 0 atom stereocenters. The Morgan fingerprint density at radius 1 is 0.800 bits per heavy atom. The van der Waals surface area contributed by atoms with Gasteiger partial charge in [0.15, 0.2) is 11.5 Å². The van der Waals surface area contributed by atoms with Gasteiger partial charge in [-0.3, -0.25) is 9.69 Å². The molecule has 1 aliphatic heterocycles. The van der Waals surface area contributed by atoms with Crippen molar-refractivity contribution >= 4 is 12.0 Å². The highest BCUT2D eigenvalue weighted by molar-refractivity contribution is 5.92. The summed E-state index contributed by atoms with van der Waals surface area (Å²) in [5.41, 5.74) is 2.68. The fraction of sp³-hybridized carbons (Fsp3) is 0.250. The number of carbonyl (C=O) groups excluding carboxylic acids is 1. The Kier molecular flexibility index (Phi) is 7.77. The van der Waals surface area contributed by atoms with Gasteiger partial charge in [-0.25, -0.2) is 8.78 Å². The van der Waals surface area contributed by atoms with Crippen molar-refractivity contribution < 1.29 is 23.0 Å². The van der Waals surface area contributed by atoms with Crippen LogP contribution in [-0.2, 0) is 4.79 Å². The van der Waals surface area contributed by atoms with E-state index >= 15 is 0 Å². The van der Waals surface area contributed by atoms with Crippen molar-refractivity contribution in [3.63, 3.8) is 0 Å². The summed E-state index contributed by atoms with van der Waals surface area (Å²) in [5.74, 6) is 0.554. The summed E-state index contributed by atoms with van der Waals surface area (Å²) >= 11 is 0. The SMILES string of the molecule is COc1ccc(C=CC(=O)N2CCN(C(c3ccc(F)cc3)c3ccc(F)cc3)CC2)cc1OC. The van der Waals surface area contributed by atoms with Gasteiger partial charge in [-0.2, -0.15) is 0 Å². The molecular weight excluding hydrogens is 450 g/mol. The lowest BCUT2D eigenvalue weighted by Gasteiger charge is -2.39. The van der Waals surface area contributed by atoms with E-state index in [1.54, 1.807) is 61.6 Å². The first-order valence-electron chi connectivity index (χ1n) is 11.4. The van der Waals surface area contributed by atoms with Crippen molar-refractivity contribution in [2.24, 2.45) is 0 Å². The minimum atomic E-state index is -0.303. The van der Waals surface area contributed by atoms with Crippen LogP contribution in [0.2, 0.25) is 0 Å². The Labute approximate surface area is 204 Å². The van der Waals surface area contributed by atoms with E-state index in [0.29, 0.717) is 37.7 Å². The molecule has 0 aromatic heterocycles. The fourth-order valence-electron chi connectivity index (χ4n) is 4.33. The number of methoxy groups -OCH3 is 2. The molecule has 0 unspecified atom stereocenters. The maximum absolute atomic E-state index is 13.5. The molecule has 4 rings (SSSR count). The second-order valence-electron chi connectivity index (χ2n) is 8.31. The van der Waals surface area contributed by atoms with Crippen LogP contribution in [0.4, 0.5) is 8.78 Å². The van der Waals surface area contributed by atoms with Gasteiger partial charge in [0.25, 0.3) is 0 Å². The van der Waals surface area contributed by atoms with Gasteiger partial charge < -0.3 is 14.4 Å². The lowest BCUT2D eigenvalue weighted by Crippen LogP contribution is -2.49. The predicted molar refractivity (Wildman–Crippen MR) is 131 cm³/mol. The summed E-state index contributed by atoms with van der Waals surface area (Å²) < 4.78 is 37.6. The van der Waals surface area contributed by atoms with Crippen LogP contribution >= 0.6 is 0 Å². The van der Waals surface area contributed by atoms with Crippen LogP contribution in [0, 0.1) is 11.6 Å². The molecule has 5 nitrogen and oxygen atoms in total. The summed E-state index contributed by atoms with van der Waals surface area (Å²) in [4.78, 5) is 16.9. The zero-order valence-corrected chi connectivity index (χ0v) is 19.8. The van der Waals surface area contributed by atoms with E-state index in [4.69, 9.17) is 9.47 Å². The molecule has 3 aromatic carbocycles. The smallest absolute Gasteiger partial charge is 0.246 e. The lowest BCUT2D eigenvalue weighted by atomic mass is 9.96. The third-order valence-corrected chi connectivity index (χ3v) is 6.19. The van der Waals surface area contributed by atoms with E-state index in [1.807, 2.05) is 12.1 Å². The topological polar surface area (TPSA) is 42.0 Å². The number of piperazine rings is 1. The Balaban J connectivity index is 1.44. The second kappa shape index (κ2) is 11.1. The highest BCUT2D eigenvalue weighted by atomic mass is 19.1. The predicted octanol–water partition coefficient (Wildman–Crippen LogP) is 4.93. The quantitative estimate of drug-likeness (QED) is 0.452. The molecule has 1 saturated heterocycles. The second-order valence-corrected chi connectivity index (χ2v) is 8.31. The Morgan fingerprint density at radius 2 is 1.34 bits per heavy atom. The molecule has 0 radical (unpaired) electrons. The third kappa shape index (κ3) is 5.87. The number of carbonyl (C=O) groups is 1. The maximum Gasteiger partial charge on any atom is 0.246 e. The highest BCUT2D eigenvalue weighted by Crippen LogP contribution is 2.30. The summed E-state index contributed by atoms with van der Waals surface area (Å²) in [7, 11) is 3.15. The van der Waals surface area contributed by atoms with Crippen molar-refractivity contribution in [2.45, 2.75) is 6.04 Å². The molecule has 1 amide bonds. The lowest BCUT2D eigenvalue weighted by molar-refractivity contribution is -0.127. The van der Waals surface area contributed by atoms with Crippen LogP contribution in [0.25, 0.3) is 6.08 Å². The van der Waals surface area contributed by atoms with Crippen LogP contribution in [0.15, 0.2) is 72.8 Å². The Morgan fingerprint density at radius 3 is 1.86 bits per heavy atom. The number of halogens is 2. The molecule has 0 aliphatic carbocycles. The maximum atomic E-state index is 13.5. The average molecular weight is 479 g/mol. The Bertz CT molecular complexity index is 1130. The van der Waals surface area contributed by atoms with Crippen LogP contribution in [-0.4, -0.2) is 56.1 Å². The minimum absolute atomic E-state index is 0.0699. The monoisotopic (exact) mass is 478 g/mol. The van der Waals surface area contributed by atoms with Gasteiger partial charge in [-0.1, -0.05) is 30.3 Å². The van der Waals surface area contributed by atoms with Crippen LogP contribution < -0.4 is 9.47 Å². The summed E-state index contributed by atoms with van der Waals surface area (Å²) in [6.07, 6.45) is 3.32. The largest absolute Gasteiger partial charge is 0.493 e. The molecule has 1 fully saturated rings. The normalized spacial score (nSPS) is 14.5. The van der Waals surface area contributed by atoms with Gasteiger partial charge in [0.05, 0.1) is 20.3 Å². The number of rotatable bonds is 7. The van der Waals surface area contributed by atoms with Crippen molar-refractivity contribution in [2.75, 3.05) is 40.4 Å². The first kappa shape index (κ1) is 24.4. The van der Waals surface area contributed by atoms with Gasteiger partial charge in [0.2, 0.25) is 5.91 Å². The molecule has 3 aromatic rings.